The normalized spacial score (nSPS) is 17.9. The molecule has 1 saturated carbocycles. The molecule has 112 valence electrons. The van der Waals surface area contributed by atoms with Crippen molar-refractivity contribution < 1.29 is 0 Å². The average Bonchev–Trinajstić information content (AvgIpc) is 2.49. The highest BCUT2D eigenvalue weighted by molar-refractivity contribution is 5.48. The second-order valence-electron chi connectivity index (χ2n) is 6.43. The summed E-state index contributed by atoms with van der Waals surface area (Å²) < 4.78 is 0. The molecule has 1 aliphatic carbocycles. The molecule has 0 heterocycles. The summed E-state index contributed by atoms with van der Waals surface area (Å²) in [6.45, 7) is 7.48. The quantitative estimate of drug-likeness (QED) is 0.845. The number of rotatable bonds is 6. The molecule has 2 nitrogen and oxygen atoms in total. The fourth-order valence-electron chi connectivity index (χ4n) is 3.52. The molecule has 1 aliphatic rings. The van der Waals surface area contributed by atoms with Crippen molar-refractivity contribution in [3.8, 4) is 0 Å². The van der Waals surface area contributed by atoms with E-state index < -0.39 is 0 Å². The van der Waals surface area contributed by atoms with E-state index in [9.17, 15) is 0 Å². The van der Waals surface area contributed by atoms with Crippen LogP contribution in [0.5, 0.6) is 0 Å². The summed E-state index contributed by atoms with van der Waals surface area (Å²) in [7, 11) is 0. The maximum atomic E-state index is 6.11. The van der Waals surface area contributed by atoms with Crippen molar-refractivity contribution in [1.82, 2.24) is 0 Å². The van der Waals surface area contributed by atoms with E-state index in [0.29, 0.717) is 5.41 Å². The average molecular weight is 274 g/mol. The number of hydrogen-bond acceptors (Lipinski definition) is 2. The highest BCUT2D eigenvalue weighted by Gasteiger charge is 2.30. The minimum atomic E-state index is 0.412. The van der Waals surface area contributed by atoms with Crippen LogP contribution in [0.2, 0.25) is 0 Å². The van der Waals surface area contributed by atoms with Crippen molar-refractivity contribution in [3.63, 3.8) is 0 Å². The van der Waals surface area contributed by atoms with Gasteiger partial charge in [-0.15, -0.1) is 0 Å². The SMILES string of the molecule is CCN(CCC1(CN)CCCCC1)c1cccc(C)c1. The first-order valence-corrected chi connectivity index (χ1v) is 8.21. The van der Waals surface area contributed by atoms with Crippen LogP contribution in [0.15, 0.2) is 24.3 Å². The number of aryl methyl sites for hydroxylation is 1. The molecular weight excluding hydrogens is 244 g/mol. The number of nitrogens with zero attached hydrogens (tertiary/aromatic N) is 1. The zero-order valence-corrected chi connectivity index (χ0v) is 13.2. The van der Waals surface area contributed by atoms with Crippen molar-refractivity contribution in [1.29, 1.82) is 0 Å². The van der Waals surface area contributed by atoms with Gasteiger partial charge in [0.2, 0.25) is 0 Å². The summed E-state index contributed by atoms with van der Waals surface area (Å²) in [6, 6.07) is 8.85. The molecule has 0 radical (unpaired) electrons. The van der Waals surface area contributed by atoms with Crippen LogP contribution in [-0.4, -0.2) is 19.6 Å². The zero-order chi connectivity index (χ0) is 14.4. The number of anilines is 1. The fourth-order valence-corrected chi connectivity index (χ4v) is 3.52. The van der Waals surface area contributed by atoms with Crippen molar-refractivity contribution in [3.05, 3.63) is 29.8 Å². The van der Waals surface area contributed by atoms with E-state index in [1.165, 1.54) is 49.8 Å². The number of benzene rings is 1. The molecule has 1 aromatic carbocycles. The molecule has 2 rings (SSSR count). The van der Waals surface area contributed by atoms with Crippen LogP contribution in [0.3, 0.4) is 0 Å². The first-order valence-electron chi connectivity index (χ1n) is 8.21. The Labute approximate surface area is 124 Å². The summed E-state index contributed by atoms with van der Waals surface area (Å²) in [4.78, 5) is 2.50. The molecule has 0 aliphatic heterocycles. The van der Waals surface area contributed by atoms with Gasteiger partial charge in [-0.2, -0.15) is 0 Å². The Hall–Kier alpha value is -1.02. The van der Waals surface area contributed by atoms with Crippen LogP contribution in [0.4, 0.5) is 5.69 Å². The fraction of sp³-hybridized carbons (Fsp3) is 0.667. The third-order valence-electron chi connectivity index (χ3n) is 5.01. The molecule has 2 heteroatoms. The smallest absolute Gasteiger partial charge is 0.0368 e. The monoisotopic (exact) mass is 274 g/mol. The second kappa shape index (κ2) is 7.12. The Morgan fingerprint density at radius 2 is 1.95 bits per heavy atom. The van der Waals surface area contributed by atoms with E-state index in [4.69, 9.17) is 5.73 Å². The van der Waals surface area contributed by atoms with E-state index >= 15 is 0 Å². The topological polar surface area (TPSA) is 29.3 Å². The minimum Gasteiger partial charge on any atom is -0.372 e. The van der Waals surface area contributed by atoms with Gasteiger partial charge in [-0.3, -0.25) is 0 Å². The van der Waals surface area contributed by atoms with E-state index in [2.05, 4.69) is 43.0 Å². The lowest BCUT2D eigenvalue weighted by molar-refractivity contribution is 0.185. The van der Waals surface area contributed by atoms with Gasteiger partial charge >= 0.3 is 0 Å². The molecule has 20 heavy (non-hydrogen) atoms. The lowest BCUT2D eigenvalue weighted by Crippen LogP contribution is -2.37. The molecule has 0 saturated heterocycles. The Bertz CT molecular complexity index is 408. The highest BCUT2D eigenvalue weighted by Crippen LogP contribution is 2.38. The van der Waals surface area contributed by atoms with Gasteiger partial charge in [0.25, 0.3) is 0 Å². The Morgan fingerprint density at radius 1 is 1.20 bits per heavy atom. The standard InChI is InChI=1S/C18H30N2/c1-3-20(17-9-7-8-16(2)14-17)13-12-18(15-19)10-5-4-6-11-18/h7-9,14H,3-6,10-13,15,19H2,1-2H3. The largest absolute Gasteiger partial charge is 0.372 e. The van der Waals surface area contributed by atoms with E-state index in [1.54, 1.807) is 0 Å². The maximum Gasteiger partial charge on any atom is 0.0368 e. The van der Waals surface area contributed by atoms with E-state index in [1.807, 2.05) is 0 Å². The molecule has 2 N–H and O–H groups in total. The summed E-state index contributed by atoms with van der Waals surface area (Å²) in [5.41, 5.74) is 9.22. The van der Waals surface area contributed by atoms with Crippen molar-refractivity contribution in [2.24, 2.45) is 11.1 Å². The highest BCUT2D eigenvalue weighted by atomic mass is 15.1. The molecular formula is C18H30N2. The predicted octanol–water partition coefficient (Wildman–Crippen LogP) is 4.12. The minimum absolute atomic E-state index is 0.412. The van der Waals surface area contributed by atoms with Gasteiger partial charge in [0.15, 0.2) is 0 Å². The van der Waals surface area contributed by atoms with Crippen LogP contribution in [0.25, 0.3) is 0 Å². The molecule has 0 atom stereocenters. The maximum absolute atomic E-state index is 6.11. The molecule has 0 aromatic heterocycles. The molecule has 0 unspecified atom stereocenters. The van der Waals surface area contributed by atoms with Crippen LogP contribution in [0.1, 0.15) is 51.0 Å². The van der Waals surface area contributed by atoms with Crippen molar-refractivity contribution >= 4 is 5.69 Å². The zero-order valence-electron chi connectivity index (χ0n) is 13.2. The van der Waals surface area contributed by atoms with Crippen LogP contribution >= 0.6 is 0 Å². The predicted molar refractivity (Wildman–Crippen MR) is 88.3 cm³/mol. The Balaban J connectivity index is 1.99. The molecule has 1 fully saturated rings. The molecule has 0 bridgehead atoms. The third-order valence-corrected chi connectivity index (χ3v) is 5.01. The summed E-state index contributed by atoms with van der Waals surface area (Å²) >= 11 is 0. The van der Waals surface area contributed by atoms with Gasteiger partial charge in [0, 0.05) is 18.8 Å². The summed E-state index contributed by atoms with van der Waals surface area (Å²) in [5.74, 6) is 0. The van der Waals surface area contributed by atoms with Gasteiger partial charge < -0.3 is 10.6 Å². The lowest BCUT2D eigenvalue weighted by Gasteiger charge is -2.38. The molecule has 0 spiro atoms. The van der Waals surface area contributed by atoms with E-state index in [0.717, 1.165) is 19.6 Å². The summed E-state index contributed by atoms with van der Waals surface area (Å²) in [6.07, 6.45) is 8.04. The van der Waals surface area contributed by atoms with Crippen molar-refractivity contribution in [2.45, 2.75) is 52.4 Å². The van der Waals surface area contributed by atoms with Gasteiger partial charge in [0.05, 0.1) is 0 Å². The van der Waals surface area contributed by atoms with Crippen LogP contribution in [-0.2, 0) is 0 Å². The first-order chi connectivity index (χ1) is 9.69. The van der Waals surface area contributed by atoms with Crippen LogP contribution < -0.4 is 10.6 Å². The Kier molecular flexibility index (Phi) is 5.47. The van der Waals surface area contributed by atoms with E-state index in [-0.39, 0.29) is 0 Å². The summed E-state index contributed by atoms with van der Waals surface area (Å²) in [5, 5.41) is 0. The van der Waals surface area contributed by atoms with Gasteiger partial charge in [0.1, 0.15) is 0 Å². The number of nitrogens with two attached hydrogens (primary N) is 1. The Morgan fingerprint density at radius 3 is 2.55 bits per heavy atom. The third kappa shape index (κ3) is 3.76. The second-order valence-corrected chi connectivity index (χ2v) is 6.43. The van der Waals surface area contributed by atoms with Crippen molar-refractivity contribution in [2.75, 3.05) is 24.5 Å². The van der Waals surface area contributed by atoms with Gasteiger partial charge in [-0.1, -0.05) is 31.4 Å². The lowest BCUT2D eigenvalue weighted by atomic mass is 9.72. The van der Waals surface area contributed by atoms with Gasteiger partial charge in [-0.25, -0.2) is 0 Å². The van der Waals surface area contributed by atoms with Gasteiger partial charge in [-0.05, 0) is 62.8 Å². The molecule has 0 amide bonds. The number of hydrogen-bond donors (Lipinski definition) is 1. The van der Waals surface area contributed by atoms with Crippen LogP contribution in [0, 0.1) is 12.3 Å². The first kappa shape index (κ1) is 15.4. The molecule has 1 aromatic rings.